The monoisotopic (exact) mass is 230 g/mol. The minimum Gasteiger partial charge on any atom is -0.329 e. The highest BCUT2D eigenvalue weighted by molar-refractivity contribution is 5.16. The van der Waals surface area contributed by atoms with Crippen LogP contribution in [0.5, 0.6) is 0 Å². The minimum absolute atomic E-state index is 0.180. The lowest BCUT2D eigenvalue weighted by Crippen LogP contribution is -2.24. The van der Waals surface area contributed by atoms with E-state index < -0.39 is 0 Å². The quantitative estimate of drug-likeness (QED) is 0.810. The molecule has 17 heavy (non-hydrogen) atoms. The molecule has 2 aromatic rings. The molecule has 0 radical (unpaired) electrons. The second kappa shape index (κ2) is 5.61. The first-order chi connectivity index (χ1) is 8.33. The zero-order valence-corrected chi connectivity index (χ0v) is 10.0. The number of hydrogen-bond acceptors (Lipinski definition) is 3. The van der Waals surface area contributed by atoms with E-state index in [0.29, 0.717) is 6.54 Å². The molecule has 0 aliphatic rings. The molecular weight excluding hydrogens is 212 g/mol. The van der Waals surface area contributed by atoms with Gasteiger partial charge in [0.2, 0.25) is 0 Å². The Labute approximate surface area is 101 Å². The third-order valence-corrected chi connectivity index (χ3v) is 2.83. The van der Waals surface area contributed by atoms with E-state index in [1.54, 1.807) is 0 Å². The van der Waals surface area contributed by atoms with Crippen LogP contribution >= 0.6 is 0 Å². The SMILES string of the molecule is CNC(CN)c1cnn(Cc2ccccc2)c1. The van der Waals surface area contributed by atoms with Gasteiger partial charge in [0.1, 0.15) is 0 Å². The van der Waals surface area contributed by atoms with Crippen LogP contribution < -0.4 is 11.1 Å². The lowest BCUT2D eigenvalue weighted by atomic mass is 10.1. The van der Waals surface area contributed by atoms with Crippen molar-refractivity contribution in [3.63, 3.8) is 0 Å². The van der Waals surface area contributed by atoms with Crippen LogP contribution in [0.2, 0.25) is 0 Å². The summed E-state index contributed by atoms with van der Waals surface area (Å²) in [5, 5.41) is 7.52. The molecule has 0 aliphatic carbocycles. The van der Waals surface area contributed by atoms with Crippen molar-refractivity contribution >= 4 is 0 Å². The van der Waals surface area contributed by atoms with Crippen LogP contribution in [0.3, 0.4) is 0 Å². The summed E-state index contributed by atoms with van der Waals surface area (Å²) in [4.78, 5) is 0. The van der Waals surface area contributed by atoms with E-state index in [-0.39, 0.29) is 6.04 Å². The van der Waals surface area contributed by atoms with Crippen LogP contribution in [0.1, 0.15) is 17.2 Å². The van der Waals surface area contributed by atoms with Crippen molar-refractivity contribution in [2.45, 2.75) is 12.6 Å². The van der Waals surface area contributed by atoms with Crippen molar-refractivity contribution in [2.24, 2.45) is 5.73 Å². The average Bonchev–Trinajstić information content (AvgIpc) is 2.81. The molecule has 3 N–H and O–H groups in total. The van der Waals surface area contributed by atoms with Gasteiger partial charge in [0.15, 0.2) is 0 Å². The fourth-order valence-electron chi connectivity index (χ4n) is 1.84. The molecule has 1 atom stereocenters. The molecule has 0 amide bonds. The highest BCUT2D eigenvalue weighted by Crippen LogP contribution is 2.10. The highest BCUT2D eigenvalue weighted by Gasteiger charge is 2.09. The molecule has 0 saturated carbocycles. The van der Waals surface area contributed by atoms with Crippen LogP contribution in [-0.4, -0.2) is 23.4 Å². The van der Waals surface area contributed by atoms with Crippen LogP contribution in [0.15, 0.2) is 42.7 Å². The van der Waals surface area contributed by atoms with Crippen LogP contribution in [0, 0.1) is 0 Å². The minimum atomic E-state index is 0.180. The van der Waals surface area contributed by atoms with Crippen molar-refractivity contribution in [3.05, 3.63) is 53.9 Å². The molecule has 0 spiro atoms. The van der Waals surface area contributed by atoms with Gasteiger partial charge in [0, 0.05) is 24.3 Å². The highest BCUT2D eigenvalue weighted by atomic mass is 15.3. The maximum Gasteiger partial charge on any atom is 0.0659 e. The second-order valence-electron chi connectivity index (χ2n) is 4.03. The molecule has 0 bridgehead atoms. The number of likely N-dealkylation sites (N-methyl/N-ethyl adjacent to an activating group) is 1. The van der Waals surface area contributed by atoms with Gasteiger partial charge in [-0.1, -0.05) is 30.3 Å². The summed E-state index contributed by atoms with van der Waals surface area (Å²) >= 11 is 0. The zero-order chi connectivity index (χ0) is 12.1. The van der Waals surface area contributed by atoms with Gasteiger partial charge in [-0.15, -0.1) is 0 Å². The van der Waals surface area contributed by atoms with Gasteiger partial charge in [-0.05, 0) is 12.6 Å². The number of nitrogens with zero attached hydrogens (tertiary/aromatic N) is 2. The van der Waals surface area contributed by atoms with E-state index in [1.807, 2.05) is 42.3 Å². The normalized spacial score (nSPS) is 12.6. The van der Waals surface area contributed by atoms with Crippen molar-refractivity contribution in [1.29, 1.82) is 0 Å². The van der Waals surface area contributed by atoms with E-state index >= 15 is 0 Å². The summed E-state index contributed by atoms with van der Waals surface area (Å²) in [5.74, 6) is 0. The maximum atomic E-state index is 5.68. The maximum absolute atomic E-state index is 5.68. The Bertz CT molecular complexity index is 445. The summed E-state index contributed by atoms with van der Waals surface area (Å²) in [6, 6.07) is 10.5. The topological polar surface area (TPSA) is 55.9 Å². The predicted molar refractivity (Wildman–Crippen MR) is 68.6 cm³/mol. The lowest BCUT2D eigenvalue weighted by molar-refractivity contribution is 0.603. The summed E-state index contributed by atoms with van der Waals surface area (Å²) < 4.78 is 1.94. The number of nitrogens with two attached hydrogens (primary N) is 1. The van der Waals surface area contributed by atoms with Gasteiger partial charge in [-0.3, -0.25) is 4.68 Å². The predicted octanol–water partition coefficient (Wildman–Crippen LogP) is 1.15. The van der Waals surface area contributed by atoms with E-state index in [4.69, 9.17) is 5.73 Å². The Morgan fingerprint density at radius 2 is 2.12 bits per heavy atom. The number of aromatic nitrogens is 2. The van der Waals surface area contributed by atoms with Gasteiger partial charge >= 0.3 is 0 Å². The van der Waals surface area contributed by atoms with Gasteiger partial charge in [0.05, 0.1) is 12.7 Å². The molecule has 4 heteroatoms. The fraction of sp³-hybridized carbons (Fsp3) is 0.308. The molecule has 4 nitrogen and oxygen atoms in total. The molecular formula is C13H18N4. The summed E-state index contributed by atoms with van der Waals surface area (Å²) in [6.45, 7) is 1.37. The average molecular weight is 230 g/mol. The van der Waals surface area contributed by atoms with Gasteiger partial charge in [0.25, 0.3) is 0 Å². The molecule has 1 heterocycles. The Morgan fingerprint density at radius 3 is 2.76 bits per heavy atom. The first-order valence-corrected chi connectivity index (χ1v) is 5.77. The number of rotatable bonds is 5. The second-order valence-corrected chi connectivity index (χ2v) is 4.03. The van der Waals surface area contributed by atoms with Crippen molar-refractivity contribution in [1.82, 2.24) is 15.1 Å². The lowest BCUT2D eigenvalue weighted by Gasteiger charge is -2.10. The number of benzene rings is 1. The van der Waals surface area contributed by atoms with Crippen LogP contribution in [0.25, 0.3) is 0 Å². The zero-order valence-electron chi connectivity index (χ0n) is 10.0. The summed E-state index contributed by atoms with van der Waals surface area (Å²) in [7, 11) is 1.91. The smallest absolute Gasteiger partial charge is 0.0659 e. The fourth-order valence-corrected chi connectivity index (χ4v) is 1.84. The molecule has 2 rings (SSSR count). The Hall–Kier alpha value is -1.65. The number of nitrogens with one attached hydrogen (secondary N) is 1. The van der Waals surface area contributed by atoms with Gasteiger partial charge in [-0.2, -0.15) is 5.10 Å². The van der Waals surface area contributed by atoms with E-state index in [0.717, 1.165) is 12.1 Å². The van der Waals surface area contributed by atoms with Crippen LogP contribution in [0.4, 0.5) is 0 Å². The van der Waals surface area contributed by atoms with Crippen molar-refractivity contribution in [3.8, 4) is 0 Å². The van der Waals surface area contributed by atoms with E-state index in [2.05, 4.69) is 22.5 Å². The first kappa shape index (κ1) is 11.8. The standard InChI is InChI=1S/C13H18N4/c1-15-13(7-14)12-8-16-17(10-12)9-11-5-3-2-4-6-11/h2-6,8,10,13,15H,7,9,14H2,1H3. The third-order valence-electron chi connectivity index (χ3n) is 2.83. The molecule has 1 aromatic heterocycles. The number of hydrogen-bond donors (Lipinski definition) is 2. The molecule has 1 unspecified atom stereocenters. The third kappa shape index (κ3) is 2.93. The molecule has 0 saturated heterocycles. The Kier molecular flexibility index (Phi) is 3.90. The Morgan fingerprint density at radius 1 is 1.35 bits per heavy atom. The molecule has 0 aliphatic heterocycles. The first-order valence-electron chi connectivity index (χ1n) is 5.77. The van der Waals surface area contributed by atoms with E-state index in [1.165, 1.54) is 5.56 Å². The van der Waals surface area contributed by atoms with Gasteiger partial charge in [-0.25, -0.2) is 0 Å². The Balaban J connectivity index is 2.08. The molecule has 1 aromatic carbocycles. The van der Waals surface area contributed by atoms with Crippen LogP contribution in [-0.2, 0) is 6.54 Å². The molecule has 0 fully saturated rings. The summed E-state index contributed by atoms with van der Waals surface area (Å²) in [5.41, 5.74) is 8.05. The summed E-state index contributed by atoms with van der Waals surface area (Å²) in [6.07, 6.45) is 3.91. The van der Waals surface area contributed by atoms with Gasteiger partial charge < -0.3 is 11.1 Å². The van der Waals surface area contributed by atoms with Crippen molar-refractivity contribution < 1.29 is 0 Å². The van der Waals surface area contributed by atoms with Crippen molar-refractivity contribution in [2.75, 3.05) is 13.6 Å². The van der Waals surface area contributed by atoms with E-state index in [9.17, 15) is 0 Å². The largest absolute Gasteiger partial charge is 0.329 e. The molecule has 90 valence electrons.